The quantitative estimate of drug-likeness (QED) is 0.295. The second kappa shape index (κ2) is 9.16. The third-order valence-corrected chi connectivity index (χ3v) is 4.36. The van der Waals surface area contributed by atoms with Crippen molar-refractivity contribution in [3.63, 3.8) is 0 Å². The first-order chi connectivity index (χ1) is 14.7. The van der Waals surface area contributed by atoms with Crippen LogP contribution in [0.5, 0.6) is 11.5 Å². The topological polar surface area (TPSA) is 128 Å². The van der Waals surface area contributed by atoms with Crippen molar-refractivity contribution >= 4 is 23.3 Å². The number of halogens is 3. The number of ether oxygens (including phenoxy) is 1. The van der Waals surface area contributed by atoms with Gasteiger partial charge in [0.25, 0.3) is 0 Å². The molecule has 2 aromatic carbocycles. The zero-order chi connectivity index (χ0) is 24.3. The van der Waals surface area contributed by atoms with Gasteiger partial charge in [-0.15, -0.1) is 0 Å². The Hall–Kier alpha value is -3.76. The van der Waals surface area contributed by atoms with Gasteiger partial charge < -0.3 is 25.5 Å². The minimum atomic E-state index is -5.05. The van der Waals surface area contributed by atoms with E-state index in [2.05, 4.69) is 5.16 Å². The van der Waals surface area contributed by atoms with E-state index in [0.717, 1.165) is 12.1 Å². The number of carbonyl (C=O) groups is 2. The standard InChI is InChI=1S/C21H21F3N2O6/c1-20(2,3)14-8-11(4-7-15(14)25-19(30)21(22,23)24)16(26-31)10-32-12-5-6-13(18(28)29)17(27)9-12/h4-9,27,31H,10H2,1-3H3,(H,25,30)(H,28,29)/b26-16+. The molecular weight excluding hydrogens is 433 g/mol. The largest absolute Gasteiger partial charge is 0.507 e. The van der Waals surface area contributed by atoms with Crippen LogP contribution in [-0.4, -0.2) is 45.8 Å². The van der Waals surface area contributed by atoms with E-state index in [4.69, 9.17) is 9.84 Å². The summed E-state index contributed by atoms with van der Waals surface area (Å²) in [6.07, 6.45) is -5.05. The van der Waals surface area contributed by atoms with Crippen molar-refractivity contribution in [2.45, 2.75) is 32.4 Å². The molecule has 32 heavy (non-hydrogen) atoms. The number of alkyl halides is 3. The van der Waals surface area contributed by atoms with Gasteiger partial charge in [0.1, 0.15) is 29.4 Å². The third kappa shape index (κ3) is 5.90. The number of oxime groups is 1. The van der Waals surface area contributed by atoms with E-state index in [1.165, 1.54) is 24.3 Å². The van der Waals surface area contributed by atoms with E-state index in [0.29, 0.717) is 11.1 Å². The van der Waals surface area contributed by atoms with Crippen LogP contribution in [0, 0.1) is 0 Å². The van der Waals surface area contributed by atoms with Crippen LogP contribution in [0.4, 0.5) is 18.9 Å². The smallest absolute Gasteiger partial charge is 0.471 e. The normalized spacial score (nSPS) is 12.4. The van der Waals surface area contributed by atoms with Crippen LogP contribution in [0.1, 0.15) is 42.3 Å². The summed E-state index contributed by atoms with van der Waals surface area (Å²) in [4.78, 5) is 22.3. The molecule has 0 radical (unpaired) electrons. The van der Waals surface area contributed by atoms with E-state index in [9.17, 15) is 33.1 Å². The van der Waals surface area contributed by atoms with Crippen LogP contribution in [0.2, 0.25) is 0 Å². The summed E-state index contributed by atoms with van der Waals surface area (Å²) < 4.78 is 43.4. The summed E-state index contributed by atoms with van der Waals surface area (Å²) in [5.41, 5.74) is -0.364. The number of carboxylic acid groups (broad SMARTS) is 1. The lowest BCUT2D eigenvalue weighted by atomic mass is 9.84. The van der Waals surface area contributed by atoms with Crippen LogP contribution in [0.15, 0.2) is 41.6 Å². The maximum Gasteiger partial charge on any atom is 0.471 e. The number of aromatic carboxylic acids is 1. The van der Waals surface area contributed by atoms with Crippen molar-refractivity contribution in [1.82, 2.24) is 0 Å². The van der Waals surface area contributed by atoms with Crippen molar-refractivity contribution in [3.05, 3.63) is 53.1 Å². The Balaban J connectivity index is 2.29. The highest BCUT2D eigenvalue weighted by Crippen LogP contribution is 2.32. The Kier molecular flexibility index (Phi) is 7.02. The van der Waals surface area contributed by atoms with Gasteiger partial charge in [0.05, 0.1) is 0 Å². The average Bonchev–Trinajstić information content (AvgIpc) is 2.67. The number of anilines is 1. The molecule has 1 amide bonds. The first kappa shape index (κ1) is 24.5. The number of carbonyl (C=O) groups excluding carboxylic acids is 1. The number of aromatic hydroxyl groups is 1. The second-order valence-electron chi connectivity index (χ2n) is 7.78. The molecule has 0 aliphatic heterocycles. The Morgan fingerprint density at radius 2 is 1.75 bits per heavy atom. The van der Waals surface area contributed by atoms with Crippen LogP contribution in [-0.2, 0) is 10.2 Å². The Bertz CT molecular complexity index is 1060. The predicted molar refractivity (Wildman–Crippen MR) is 109 cm³/mol. The van der Waals surface area contributed by atoms with Crippen LogP contribution < -0.4 is 10.1 Å². The van der Waals surface area contributed by atoms with E-state index in [-0.39, 0.29) is 29.3 Å². The molecule has 172 valence electrons. The Morgan fingerprint density at radius 1 is 1.09 bits per heavy atom. The number of amides is 1. The van der Waals surface area contributed by atoms with Gasteiger partial charge in [-0.1, -0.05) is 32.0 Å². The molecule has 0 aromatic heterocycles. The molecule has 8 nitrogen and oxygen atoms in total. The van der Waals surface area contributed by atoms with Gasteiger partial charge in [0.15, 0.2) is 0 Å². The van der Waals surface area contributed by atoms with Gasteiger partial charge in [-0.05, 0) is 35.2 Å². The SMILES string of the molecule is CC(C)(C)c1cc(/C(COc2ccc(C(=O)O)c(O)c2)=N/O)ccc1NC(=O)C(F)(F)F. The summed E-state index contributed by atoms with van der Waals surface area (Å²) in [5.74, 6) is -3.85. The van der Waals surface area contributed by atoms with E-state index in [1.807, 2.05) is 5.32 Å². The van der Waals surface area contributed by atoms with Crippen molar-refractivity contribution in [2.24, 2.45) is 5.16 Å². The fourth-order valence-corrected chi connectivity index (χ4v) is 2.75. The van der Waals surface area contributed by atoms with Gasteiger partial charge in [-0.25, -0.2) is 4.79 Å². The lowest BCUT2D eigenvalue weighted by Crippen LogP contribution is -2.31. The molecule has 4 N–H and O–H groups in total. The fraction of sp³-hybridized carbons (Fsp3) is 0.286. The van der Waals surface area contributed by atoms with E-state index < -0.39 is 29.2 Å². The molecule has 2 rings (SSSR count). The molecule has 11 heteroatoms. The summed E-state index contributed by atoms with van der Waals surface area (Å²) in [6.45, 7) is 4.89. The molecule has 0 heterocycles. The zero-order valence-corrected chi connectivity index (χ0v) is 17.3. The van der Waals surface area contributed by atoms with E-state index >= 15 is 0 Å². The maximum absolute atomic E-state index is 12.7. The van der Waals surface area contributed by atoms with Gasteiger partial charge in [0, 0.05) is 17.3 Å². The van der Waals surface area contributed by atoms with Gasteiger partial charge in [-0.2, -0.15) is 13.2 Å². The molecule has 0 unspecified atom stereocenters. The van der Waals surface area contributed by atoms with Gasteiger partial charge in [0.2, 0.25) is 0 Å². The lowest BCUT2D eigenvalue weighted by Gasteiger charge is -2.24. The minimum Gasteiger partial charge on any atom is -0.507 e. The highest BCUT2D eigenvalue weighted by atomic mass is 19.4. The number of nitrogens with one attached hydrogen (secondary N) is 1. The Labute approximate surface area is 180 Å². The third-order valence-electron chi connectivity index (χ3n) is 4.36. The average molecular weight is 454 g/mol. The monoisotopic (exact) mass is 454 g/mol. The number of benzene rings is 2. The second-order valence-corrected chi connectivity index (χ2v) is 7.78. The zero-order valence-electron chi connectivity index (χ0n) is 17.3. The molecule has 0 fully saturated rings. The van der Waals surface area contributed by atoms with Gasteiger partial charge in [-0.3, -0.25) is 4.79 Å². The van der Waals surface area contributed by atoms with Crippen LogP contribution in [0.25, 0.3) is 0 Å². The highest BCUT2D eigenvalue weighted by Gasteiger charge is 2.39. The van der Waals surface area contributed by atoms with Crippen LogP contribution in [0.3, 0.4) is 0 Å². The first-order valence-corrected chi connectivity index (χ1v) is 9.17. The number of nitrogens with zero attached hydrogens (tertiary/aromatic N) is 1. The summed E-state index contributed by atoms with van der Waals surface area (Å²) in [6, 6.07) is 7.60. The number of phenols is 1. The maximum atomic E-state index is 12.7. The lowest BCUT2D eigenvalue weighted by molar-refractivity contribution is -0.167. The molecule has 0 saturated carbocycles. The van der Waals surface area contributed by atoms with Gasteiger partial charge >= 0.3 is 18.1 Å². The summed E-state index contributed by atoms with van der Waals surface area (Å²) in [5, 5.41) is 33.1. The molecule has 2 aromatic rings. The minimum absolute atomic E-state index is 0.00555. The van der Waals surface area contributed by atoms with Crippen molar-refractivity contribution in [1.29, 1.82) is 0 Å². The molecule has 0 spiro atoms. The molecule has 0 saturated heterocycles. The molecular formula is C21H21F3N2O6. The molecule has 0 atom stereocenters. The molecule has 0 bridgehead atoms. The number of carboxylic acids is 1. The number of hydrogen-bond acceptors (Lipinski definition) is 6. The molecule has 0 aliphatic carbocycles. The van der Waals surface area contributed by atoms with Crippen LogP contribution >= 0.6 is 0 Å². The highest BCUT2D eigenvalue weighted by molar-refractivity contribution is 6.03. The van der Waals surface area contributed by atoms with E-state index in [1.54, 1.807) is 20.8 Å². The predicted octanol–water partition coefficient (Wildman–Crippen LogP) is 4.15. The number of hydrogen-bond donors (Lipinski definition) is 4. The Morgan fingerprint density at radius 3 is 2.25 bits per heavy atom. The fourth-order valence-electron chi connectivity index (χ4n) is 2.75. The van der Waals surface area contributed by atoms with Crippen molar-refractivity contribution < 1.29 is 42.9 Å². The van der Waals surface area contributed by atoms with Crippen molar-refractivity contribution in [2.75, 3.05) is 11.9 Å². The summed E-state index contributed by atoms with van der Waals surface area (Å²) >= 11 is 0. The first-order valence-electron chi connectivity index (χ1n) is 9.17. The summed E-state index contributed by atoms with van der Waals surface area (Å²) in [7, 11) is 0. The molecule has 0 aliphatic rings. The van der Waals surface area contributed by atoms with Crippen molar-refractivity contribution in [3.8, 4) is 11.5 Å². The number of rotatable bonds is 6.